The normalized spacial score (nSPS) is 13.9. The Morgan fingerprint density at radius 1 is 1.50 bits per heavy atom. The van der Waals surface area contributed by atoms with Crippen LogP contribution in [0.3, 0.4) is 0 Å². The van der Waals surface area contributed by atoms with E-state index in [4.69, 9.17) is 9.52 Å². The van der Waals surface area contributed by atoms with Gasteiger partial charge in [-0.2, -0.15) is 0 Å². The summed E-state index contributed by atoms with van der Waals surface area (Å²) in [6.07, 6.45) is 1.07. The first-order valence-corrected chi connectivity index (χ1v) is 5.79. The van der Waals surface area contributed by atoms with Crippen molar-refractivity contribution in [1.29, 1.82) is 0 Å². The van der Waals surface area contributed by atoms with Crippen LogP contribution in [-0.4, -0.2) is 25.7 Å². The van der Waals surface area contributed by atoms with E-state index in [0.29, 0.717) is 0 Å². The van der Waals surface area contributed by atoms with Gasteiger partial charge in [0, 0.05) is 6.26 Å². The number of carboxylic acid groups (broad SMARTS) is 1. The fourth-order valence-corrected chi connectivity index (χ4v) is 1.45. The molecule has 5 nitrogen and oxygen atoms in total. The molecule has 0 spiro atoms. The summed E-state index contributed by atoms with van der Waals surface area (Å²) in [6.45, 7) is 1.44. The summed E-state index contributed by atoms with van der Waals surface area (Å²) in [7, 11) is -3.25. The molecule has 1 aromatic heterocycles. The summed E-state index contributed by atoms with van der Waals surface area (Å²) >= 11 is 0. The highest BCUT2D eigenvalue weighted by atomic mass is 32.2. The van der Waals surface area contributed by atoms with Crippen molar-refractivity contribution in [2.45, 2.75) is 12.2 Å². The van der Waals surface area contributed by atoms with E-state index in [9.17, 15) is 13.2 Å². The van der Waals surface area contributed by atoms with Crippen LogP contribution in [0.5, 0.6) is 0 Å². The molecule has 1 atom stereocenters. The third-order valence-corrected chi connectivity index (χ3v) is 3.40. The van der Waals surface area contributed by atoms with Gasteiger partial charge in [-0.1, -0.05) is 0 Å². The monoisotopic (exact) mass is 218 g/mol. The molecule has 0 saturated heterocycles. The number of hydrogen-bond acceptors (Lipinski definition) is 4. The second-order valence-corrected chi connectivity index (χ2v) is 5.35. The van der Waals surface area contributed by atoms with E-state index in [1.165, 1.54) is 19.1 Å². The van der Waals surface area contributed by atoms with Gasteiger partial charge >= 0.3 is 5.97 Å². The van der Waals surface area contributed by atoms with E-state index in [-0.39, 0.29) is 11.5 Å². The minimum absolute atomic E-state index is 0.143. The molecule has 0 bridgehead atoms. The Bertz CT molecular complexity index is 442. The molecule has 0 fully saturated rings. The van der Waals surface area contributed by atoms with E-state index >= 15 is 0 Å². The van der Waals surface area contributed by atoms with E-state index < -0.39 is 21.1 Å². The first kappa shape index (κ1) is 10.8. The van der Waals surface area contributed by atoms with Crippen molar-refractivity contribution in [1.82, 2.24) is 0 Å². The molecule has 1 N–H and O–H groups in total. The van der Waals surface area contributed by atoms with Gasteiger partial charge in [0.15, 0.2) is 9.84 Å². The molecular formula is C8H10O5S. The standard InChI is InChI=1S/C8H10O5S/c1-5(14(2,11)12)6-3-4-7(13-6)8(9)10/h3-5H,1-2H3,(H,9,10)/t5-/m1/s1. The molecule has 0 aromatic carbocycles. The second kappa shape index (κ2) is 3.45. The minimum Gasteiger partial charge on any atom is -0.475 e. The van der Waals surface area contributed by atoms with Gasteiger partial charge in [-0.25, -0.2) is 13.2 Å². The molecule has 0 aliphatic heterocycles. The van der Waals surface area contributed by atoms with Gasteiger partial charge in [-0.05, 0) is 19.1 Å². The van der Waals surface area contributed by atoms with E-state index in [2.05, 4.69) is 0 Å². The quantitative estimate of drug-likeness (QED) is 0.820. The van der Waals surface area contributed by atoms with Crippen LogP contribution in [0.2, 0.25) is 0 Å². The van der Waals surface area contributed by atoms with Crippen molar-refractivity contribution in [2.75, 3.05) is 6.26 Å². The second-order valence-electron chi connectivity index (χ2n) is 2.98. The highest BCUT2D eigenvalue weighted by Gasteiger charge is 2.22. The number of sulfone groups is 1. The predicted octanol–water partition coefficient (Wildman–Crippen LogP) is 1.08. The number of rotatable bonds is 3. The molecule has 1 heterocycles. The van der Waals surface area contributed by atoms with Crippen LogP contribution in [0, 0.1) is 0 Å². The molecule has 0 radical (unpaired) electrons. The molecule has 0 aliphatic rings. The van der Waals surface area contributed by atoms with Crippen LogP contribution in [0.15, 0.2) is 16.5 Å². The van der Waals surface area contributed by atoms with Crippen LogP contribution in [0.4, 0.5) is 0 Å². The SMILES string of the molecule is C[C@H](c1ccc(C(=O)O)o1)S(C)(=O)=O. The Kier molecular flexibility index (Phi) is 2.66. The highest BCUT2D eigenvalue weighted by Crippen LogP contribution is 2.22. The van der Waals surface area contributed by atoms with Crippen molar-refractivity contribution >= 4 is 15.8 Å². The summed E-state index contributed by atoms with van der Waals surface area (Å²) in [4.78, 5) is 10.4. The number of hydrogen-bond donors (Lipinski definition) is 1. The van der Waals surface area contributed by atoms with Crippen molar-refractivity contribution in [3.05, 3.63) is 23.7 Å². The van der Waals surface area contributed by atoms with Crippen LogP contribution in [-0.2, 0) is 9.84 Å². The summed E-state index contributed by atoms with van der Waals surface area (Å²) in [5.74, 6) is -1.32. The Morgan fingerprint density at radius 3 is 2.43 bits per heavy atom. The number of aromatic carboxylic acids is 1. The molecule has 78 valence electrons. The van der Waals surface area contributed by atoms with E-state index in [1.807, 2.05) is 0 Å². The number of carboxylic acids is 1. The Balaban J connectivity index is 3.04. The molecule has 0 amide bonds. The van der Waals surface area contributed by atoms with Crippen LogP contribution < -0.4 is 0 Å². The first-order chi connectivity index (χ1) is 6.32. The lowest BCUT2D eigenvalue weighted by molar-refractivity contribution is 0.0660. The molecule has 6 heteroatoms. The average Bonchev–Trinajstić information content (AvgIpc) is 2.48. The zero-order valence-electron chi connectivity index (χ0n) is 7.72. The number of furan rings is 1. The van der Waals surface area contributed by atoms with Gasteiger partial charge in [0.1, 0.15) is 11.0 Å². The maximum atomic E-state index is 11.1. The molecule has 0 aliphatic carbocycles. The average molecular weight is 218 g/mol. The van der Waals surface area contributed by atoms with Crippen molar-refractivity contribution in [3.8, 4) is 0 Å². The number of carbonyl (C=O) groups is 1. The molecule has 0 saturated carbocycles. The Morgan fingerprint density at radius 2 is 2.07 bits per heavy atom. The molecule has 1 rings (SSSR count). The molecule has 1 aromatic rings. The topological polar surface area (TPSA) is 84.6 Å². The van der Waals surface area contributed by atoms with Gasteiger partial charge in [0.2, 0.25) is 5.76 Å². The largest absolute Gasteiger partial charge is 0.475 e. The molecular weight excluding hydrogens is 208 g/mol. The molecule has 14 heavy (non-hydrogen) atoms. The minimum atomic E-state index is -3.25. The lowest BCUT2D eigenvalue weighted by Crippen LogP contribution is -2.06. The summed E-state index contributed by atoms with van der Waals surface area (Å²) in [6, 6.07) is 2.59. The van der Waals surface area contributed by atoms with Crippen molar-refractivity contribution in [3.63, 3.8) is 0 Å². The fourth-order valence-electron chi connectivity index (χ4n) is 0.897. The predicted molar refractivity (Wildman–Crippen MR) is 48.9 cm³/mol. The maximum Gasteiger partial charge on any atom is 0.371 e. The summed E-state index contributed by atoms with van der Waals surface area (Å²) in [5, 5.41) is 7.72. The van der Waals surface area contributed by atoms with Crippen LogP contribution >= 0.6 is 0 Å². The van der Waals surface area contributed by atoms with Crippen LogP contribution in [0.1, 0.15) is 28.5 Å². The fraction of sp³-hybridized carbons (Fsp3) is 0.375. The van der Waals surface area contributed by atoms with E-state index in [1.54, 1.807) is 0 Å². The van der Waals surface area contributed by atoms with Gasteiger partial charge in [0.25, 0.3) is 0 Å². The first-order valence-electron chi connectivity index (χ1n) is 3.84. The van der Waals surface area contributed by atoms with Crippen molar-refractivity contribution < 1.29 is 22.7 Å². The van der Waals surface area contributed by atoms with Gasteiger partial charge in [0.05, 0.1) is 0 Å². The van der Waals surface area contributed by atoms with Crippen LogP contribution in [0.25, 0.3) is 0 Å². The lowest BCUT2D eigenvalue weighted by atomic mass is 10.3. The van der Waals surface area contributed by atoms with Crippen molar-refractivity contribution in [2.24, 2.45) is 0 Å². The van der Waals surface area contributed by atoms with E-state index in [0.717, 1.165) is 6.26 Å². The Labute approximate surface area is 81.3 Å². The maximum absolute atomic E-state index is 11.1. The van der Waals surface area contributed by atoms with Gasteiger partial charge in [-0.15, -0.1) is 0 Å². The third-order valence-electron chi connectivity index (χ3n) is 1.88. The molecule has 0 unspecified atom stereocenters. The Hall–Kier alpha value is -1.30. The lowest BCUT2D eigenvalue weighted by Gasteiger charge is -2.04. The summed E-state index contributed by atoms with van der Waals surface area (Å²) < 4.78 is 27.1. The third kappa shape index (κ3) is 2.14. The smallest absolute Gasteiger partial charge is 0.371 e. The van der Waals surface area contributed by atoms with Gasteiger partial charge in [-0.3, -0.25) is 0 Å². The summed E-state index contributed by atoms with van der Waals surface area (Å²) in [5.41, 5.74) is 0. The highest BCUT2D eigenvalue weighted by molar-refractivity contribution is 7.90. The van der Waals surface area contributed by atoms with Gasteiger partial charge < -0.3 is 9.52 Å². The zero-order chi connectivity index (χ0) is 10.9. The zero-order valence-corrected chi connectivity index (χ0v) is 8.54.